The summed E-state index contributed by atoms with van der Waals surface area (Å²) >= 11 is 3.47. The van der Waals surface area contributed by atoms with Crippen LogP contribution in [0.3, 0.4) is 0 Å². The summed E-state index contributed by atoms with van der Waals surface area (Å²) < 4.78 is 2.00. The maximum absolute atomic E-state index is 12.1. The lowest BCUT2D eigenvalue weighted by Crippen LogP contribution is -2.45. The van der Waals surface area contributed by atoms with Crippen LogP contribution in [0, 0.1) is 0 Å². The van der Waals surface area contributed by atoms with Crippen LogP contribution >= 0.6 is 15.9 Å². The van der Waals surface area contributed by atoms with E-state index >= 15 is 0 Å². The van der Waals surface area contributed by atoms with Gasteiger partial charge in [0, 0.05) is 13.6 Å². The number of halogens is 1. The van der Waals surface area contributed by atoms with Crippen LogP contribution in [-0.2, 0) is 18.4 Å². The second-order valence-electron chi connectivity index (χ2n) is 4.81. The molecule has 106 valence electrons. The van der Waals surface area contributed by atoms with Gasteiger partial charge in [-0.1, -0.05) is 28.1 Å². The molecule has 1 amide bonds. The number of para-hydroxylation sites is 2. The number of aryl methyl sites for hydroxylation is 1. The van der Waals surface area contributed by atoms with Crippen LogP contribution in [-0.4, -0.2) is 32.9 Å². The summed E-state index contributed by atoms with van der Waals surface area (Å²) in [6.07, 6.45) is 0. The monoisotopic (exact) mass is 337 g/mol. The average Bonchev–Trinajstić information content (AvgIpc) is 3.01. The Morgan fingerprint density at radius 3 is 3.05 bits per heavy atom. The van der Waals surface area contributed by atoms with E-state index in [2.05, 4.69) is 37.1 Å². The van der Waals surface area contributed by atoms with Gasteiger partial charge in [-0.3, -0.25) is 10.2 Å². The number of alkyl halides is 1. The Bertz CT molecular complexity index is 641. The second-order valence-corrected chi connectivity index (χ2v) is 5.99. The van der Waals surface area contributed by atoms with Crippen molar-refractivity contribution in [1.82, 2.24) is 25.7 Å². The van der Waals surface area contributed by atoms with E-state index in [1.807, 2.05) is 35.9 Å². The van der Waals surface area contributed by atoms with Crippen molar-refractivity contribution in [2.75, 3.05) is 6.54 Å². The van der Waals surface area contributed by atoms with Gasteiger partial charge in [-0.25, -0.2) is 10.4 Å². The van der Waals surface area contributed by atoms with Crippen LogP contribution in [0.1, 0.15) is 5.82 Å². The minimum absolute atomic E-state index is 0.0380. The Kier molecular flexibility index (Phi) is 3.73. The zero-order valence-electron chi connectivity index (χ0n) is 11.1. The van der Waals surface area contributed by atoms with Gasteiger partial charge in [0.15, 0.2) is 0 Å². The Hall–Kier alpha value is -1.44. The molecule has 1 aromatic heterocycles. The van der Waals surface area contributed by atoms with E-state index in [0.717, 1.165) is 23.4 Å². The van der Waals surface area contributed by atoms with Crippen LogP contribution < -0.4 is 16.2 Å². The van der Waals surface area contributed by atoms with Crippen molar-refractivity contribution in [3.8, 4) is 0 Å². The quantitative estimate of drug-likeness (QED) is 0.710. The lowest BCUT2D eigenvalue weighted by Gasteiger charge is -2.13. The van der Waals surface area contributed by atoms with E-state index in [1.165, 1.54) is 0 Å². The highest BCUT2D eigenvalue weighted by Gasteiger charge is 2.30. The molecule has 1 aliphatic heterocycles. The van der Waals surface area contributed by atoms with Gasteiger partial charge in [0.25, 0.3) is 0 Å². The smallest absolute Gasteiger partial charge is 0.240 e. The molecule has 2 aromatic rings. The van der Waals surface area contributed by atoms with Gasteiger partial charge in [0.2, 0.25) is 5.91 Å². The van der Waals surface area contributed by atoms with Gasteiger partial charge in [-0.2, -0.15) is 0 Å². The van der Waals surface area contributed by atoms with Crippen LogP contribution in [0.15, 0.2) is 24.3 Å². The standard InChI is InChI=1S/C13H16BrN5O/c1-19-10-5-3-2-4-9(10)17-11(19)7-15-13(20)12-8(14)6-16-18-12/h2-5,8,12,16,18H,6-7H2,1H3,(H,15,20). The first-order valence-electron chi connectivity index (χ1n) is 6.47. The Morgan fingerprint density at radius 2 is 2.35 bits per heavy atom. The topological polar surface area (TPSA) is 71.0 Å². The van der Waals surface area contributed by atoms with Gasteiger partial charge < -0.3 is 9.88 Å². The molecule has 1 aromatic carbocycles. The second kappa shape index (κ2) is 5.51. The molecule has 1 saturated heterocycles. The third-order valence-electron chi connectivity index (χ3n) is 3.50. The van der Waals surface area contributed by atoms with Gasteiger partial charge in [-0.05, 0) is 12.1 Å². The summed E-state index contributed by atoms with van der Waals surface area (Å²) in [5.41, 5.74) is 7.91. The normalized spacial score (nSPS) is 22.3. The van der Waals surface area contributed by atoms with E-state index in [-0.39, 0.29) is 16.8 Å². The van der Waals surface area contributed by atoms with E-state index in [0.29, 0.717) is 6.54 Å². The van der Waals surface area contributed by atoms with Crippen molar-refractivity contribution in [1.29, 1.82) is 0 Å². The highest BCUT2D eigenvalue weighted by molar-refractivity contribution is 9.09. The Labute approximate surface area is 125 Å². The van der Waals surface area contributed by atoms with Gasteiger partial charge in [0.05, 0.1) is 22.4 Å². The number of aromatic nitrogens is 2. The average molecular weight is 338 g/mol. The zero-order valence-corrected chi connectivity index (χ0v) is 12.6. The number of carbonyl (C=O) groups excluding carboxylic acids is 1. The molecule has 1 aliphatic rings. The van der Waals surface area contributed by atoms with Crippen molar-refractivity contribution in [2.24, 2.45) is 7.05 Å². The molecule has 1 fully saturated rings. The molecule has 0 saturated carbocycles. The molecular formula is C13H16BrN5O. The predicted octanol–water partition coefficient (Wildman–Crippen LogP) is 0.429. The molecular weight excluding hydrogens is 322 g/mol. The lowest BCUT2D eigenvalue weighted by molar-refractivity contribution is -0.122. The molecule has 2 unspecified atom stereocenters. The van der Waals surface area contributed by atoms with Crippen LogP contribution in [0.5, 0.6) is 0 Å². The molecule has 7 heteroatoms. The molecule has 0 aliphatic carbocycles. The highest BCUT2D eigenvalue weighted by atomic mass is 79.9. The summed E-state index contributed by atoms with van der Waals surface area (Å²) in [6.45, 7) is 1.15. The first-order valence-corrected chi connectivity index (χ1v) is 7.39. The largest absolute Gasteiger partial charge is 0.347 e. The third-order valence-corrected chi connectivity index (χ3v) is 4.35. The van der Waals surface area contributed by atoms with E-state index in [9.17, 15) is 4.79 Å². The molecule has 3 N–H and O–H groups in total. The van der Waals surface area contributed by atoms with Crippen molar-refractivity contribution in [3.63, 3.8) is 0 Å². The molecule has 0 bridgehead atoms. The number of benzene rings is 1. The van der Waals surface area contributed by atoms with E-state index in [4.69, 9.17) is 0 Å². The number of amides is 1. The van der Waals surface area contributed by atoms with Crippen LogP contribution in [0.25, 0.3) is 11.0 Å². The number of carbonyl (C=O) groups is 1. The van der Waals surface area contributed by atoms with E-state index < -0.39 is 0 Å². The summed E-state index contributed by atoms with van der Waals surface area (Å²) in [5, 5.41) is 2.92. The number of hydrazine groups is 1. The van der Waals surface area contributed by atoms with Crippen molar-refractivity contribution >= 4 is 32.9 Å². The minimum Gasteiger partial charge on any atom is -0.347 e. The molecule has 2 atom stereocenters. The molecule has 6 nitrogen and oxygen atoms in total. The van der Waals surface area contributed by atoms with Crippen molar-refractivity contribution in [2.45, 2.75) is 17.4 Å². The Morgan fingerprint density at radius 1 is 1.55 bits per heavy atom. The van der Waals surface area contributed by atoms with Crippen LogP contribution in [0.4, 0.5) is 0 Å². The molecule has 20 heavy (non-hydrogen) atoms. The fourth-order valence-electron chi connectivity index (χ4n) is 2.33. The minimum atomic E-state index is -0.260. The fraction of sp³-hybridized carbons (Fsp3) is 0.385. The van der Waals surface area contributed by atoms with Crippen molar-refractivity contribution in [3.05, 3.63) is 30.1 Å². The maximum Gasteiger partial charge on any atom is 0.240 e. The number of hydrogen-bond acceptors (Lipinski definition) is 4. The van der Waals surface area contributed by atoms with Crippen LogP contribution in [0.2, 0.25) is 0 Å². The van der Waals surface area contributed by atoms with Gasteiger partial charge in [-0.15, -0.1) is 0 Å². The summed E-state index contributed by atoms with van der Waals surface area (Å²) in [6, 6.07) is 7.67. The predicted molar refractivity (Wildman–Crippen MR) is 80.2 cm³/mol. The number of hydrogen-bond donors (Lipinski definition) is 3. The first kappa shape index (κ1) is 13.5. The first-order chi connectivity index (χ1) is 9.66. The highest BCUT2D eigenvalue weighted by Crippen LogP contribution is 2.14. The van der Waals surface area contributed by atoms with Crippen molar-refractivity contribution < 1.29 is 4.79 Å². The molecule has 0 radical (unpaired) electrons. The lowest BCUT2D eigenvalue weighted by atomic mass is 10.2. The summed E-state index contributed by atoms with van der Waals surface area (Å²) in [7, 11) is 1.96. The Balaban J connectivity index is 1.71. The number of rotatable bonds is 3. The van der Waals surface area contributed by atoms with E-state index in [1.54, 1.807) is 0 Å². The fourth-order valence-corrected chi connectivity index (χ4v) is 2.87. The SMILES string of the molecule is Cn1c(CNC(=O)C2NNCC2Br)nc2ccccc21. The number of fused-ring (bicyclic) bond motifs is 1. The molecule has 0 spiro atoms. The third kappa shape index (κ3) is 2.44. The van der Waals surface area contributed by atoms with Gasteiger partial charge >= 0.3 is 0 Å². The summed E-state index contributed by atoms with van der Waals surface area (Å²) in [5.74, 6) is 0.806. The number of imidazole rings is 1. The maximum atomic E-state index is 12.1. The molecule has 3 rings (SSSR count). The summed E-state index contributed by atoms with van der Waals surface area (Å²) in [4.78, 5) is 16.7. The molecule has 2 heterocycles. The number of nitrogens with one attached hydrogen (secondary N) is 3. The zero-order chi connectivity index (χ0) is 14.1. The number of nitrogens with zero attached hydrogens (tertiary/aromatic N) is 2. The van der Waals surface area contributed by atoms with Gasteiger partial charge in [0.1, 0.15) is 11.9 Å².